The first-order valence-electron chi connectivity index (χ1n) is 5.08. The first-order valence-corrected chi connectivity index (χ1v) is 7.74. The lowest BCUT2D eigenvalue weighted by molar-refractivity contribution is 0.601. The van der Waals surface area contributed by atoms with Crippen LogP contribution in [0.5, 0.6) is 0 Å². The molecule has 19 heavy (non-hydrogen) atoms. The highest BCUT2D eigenvalue weighted by molar-refractivity contribution is 9.10. The van der Waals surface area contributed by atoms with Crippen molar-refractivity contribution in [1.82, 2.24) is 4.98 Å². The summed E-state index contributed by atoms with van der Waals surface area (Å²) in [7, 11) is -3.83. The molecule has 8 heteroatoms. The molecule has 0 unspecified atom stereocenters. The number of nitrogens with zero attached hydrogens (tertiary/aromatic N) is 1. The van der Waals surface area contributed by atoms with Gasteiger partial charge in [-0.3, -0.25) is 4.72 Å². The lowest BCUT2D eigenvalue weighted by atomic mass is 10.3. The first kappa shape index (κ1) is 14.1. The average molecular weight is 363 g/mol. The van der Waals surface area contributed by atoms with Crippen LogP contribution >= 0.6 is 27.5 Å². The van der Waals surface area contributed by atoms with Gasteiger partial charge in [0, 0.05) is 10.7 Å². The van der Waals surface area contributed by atoms with E-state index in [-0.39, 0.29) is 21.4 Å². The van der Waals surface area contributed by atoms with Crippen LogP contribution in [0.1, 0.15) is 0 Å². The van der Waals surface area contributed by atoms with E-state index in [1.165, 1.54) is 18.3 Å². The molecule has 0 saturated carbocycles. The van der Waals surface area contributed by atoms with Gasteiger partial charge in [0.15, 0.2) is 0 Å². The summed E-state index contributed by atoms with van der Waals surface area (Å²) in [5, 5.41) is 0.286. The van der Waals surface area contributed by atoms with E-state index < -0.39 is 10.0 Å². The maximum absolute atomic E-state index is 12.2. The minimum Gasteiger partial charge on any atom is -0.383 e. The molecule has 2 rings (SSSR count). The first-order chi connectivity index (χ1) is 8.90. The van der Waals surface area contributed by atoms with Gasteiger partial charge in [-0.1, -0.05) is 27.5 Å². The second kappa shape index (κ2) is 5.36. The average Bonchev–Trinajstić information content (AvgIpc) is 2.34. The zero-order valence-corrected chi connectivity index (χ0v) is 12.6. The van der Waals surface area contributed by atoms with Crippen molar-refractivity contribution in [2.24, 2.45) is 0 Å². The summed E-state index contributed by atoms with van der Waals surface area (Å²) in [4.78, 5) is 3.65. The number of rotatable bonds is 3. The van der Waals surface area contributed by atoms with Gasteiger partial charge in [0.25, 0.3) is 10.0 Å². The molecule has 2 aromatic rings. The Morgan fingerprint density at radius 3 is 2.74 bits per heavy atom. The molecule has 5 nitrogen and oxygen atoms in total. The van der Waals surface area contributed by atoms with Crippen molar-refractivity contribution in [3.8, 4) is 0 Å². The lowest BCUT2D eigenvalue weighted by Gasteiger charge is -2.11. The molecule has 3 N–H and O–H groups in total. The number of aromatic nitrogens is 1. The van der Waals surface area contributed by atoms with Crippen molar-refractivity contribution in [2.75, 3.05) is 10.5 Å². The second-order valence-electron chi connectivity index (χ2n) is 3.62. The summed E-state index contributed by atoms with van der Waals surface area (Å²) in [6.07, 6.45) is 1.42. The molecule has 0 saturated heterocycles. The minimum atomic E-state index is -3.83. The minimum absolute atomic E-state index is 0.0684. The van der Waals surface area contributed by atoms with E-state index in [1.807, 2.05) is 0 Å². The fourth-order valence-electron chi connectivity index (χ4n) is 1.41. The fourth-order valence-corrected chi connectivity index (χ4v) is 3.14. The Hall–Kier alpha value is -1.31. The lowest BCUT2D eigenvalue weighted by Crippen LogP contribution is -2.15. The third-order valence-electron chi connectivity index (χ3n) is 2.26. The Bertz CT molecular complexity index is 722. The number of anilines is 2. The van der Waals surface area contributed by atoms with Crippen LogP contribution in [0.4, 0.5) is 11.5 Å². The quantitative estimate of drug-likeness (QED) is 0.879. The molecule has 0 spiro atoms. The van der Waals surface area contributed by atoms with E-state index in [4.69, 9.17) is 17.3 Å². The summed E-state index contributed by atoms with van der Waals surface area (Å²) < 4.78 is 27.4. The molecule has 0 aliphatic heterocycles. The molecular formula is C11H9BrClN3O2S. The van der Waals surface area contributed by atoms with Crippen LogP contribution in [0.3, 0.4) is 0 Å². The molecule has 0 aliphatic carbocycles. The van der Waals surface area contributed by atoms with Crippen molar-refractivity contribution in [1.29, 1.82) is 0 Å². The molecular weight excluding hydrogens is 354 g/mol. The molecule has 0 fully saturated rings. The van der Waals surface area contributed by atoms with Gasteiger partial charge in [-0.15, -0.1) is 0 Å². The molecule has 100 valence electrons. The highest BCUT2D eigenvalue weighted by atomic mass is 79.9. The molecule has 0 radical (unpaired) electrons. The topological polar surface area (TPSA) is 85.1 Å². The Labute approximate surface area is 124 Å². The third-order valence-corrected chi connectivity index (χ3v) is 4.50. The van der Waals surface area contributed by atoms with E-state index in [2.05, 4.69) is 25.6 Å². The zero-order chi connectivity index (χ0) is 14.0. The van der Waals surface area contributed by atoms with Crippen LogP contribution < -0.4 is 10.5 Å². The number of benzene rings is 1. The van der Waals surface area contributed by atoms with Crippen LogP contribution in [0, 0.1) is 0 Å². The van der Waals surface area contributed by atoms with Crippen LogP contribution in [0.15, 0.2) is 45.9 Å². The normalized spacial score (nSPS) is 11.3. The standard InChI is InChI=1S/C11H9BrClN3O2S/c12-7-3-4-8(13)9(6-7)16-19(17,18)10-2-1-5-15-11(10)14/h1-6,16H,(H2,14,15). The van der Waals surface area contributed by atoms with Crippen molar-refractivity contribution in [2.45, 2.75) is 4.90 Å². The van der Waals surface area contributed by atoms with Gasteiger partial charge >= 0.3 is 0 Å². The Balaban J connectivity index is 2.43. The largest absolute Gasteiger partial charge is 0.383 e. The number of hydrogen-bond donors (Lipinski definition) is 2. The number of hydrogen-bond acceptors (Lipinski definition) is 4. The van der Waals surface area contributed by atoms with Crippen molar-refractivity contribution >= 4 is 49.1 Å². The molecule has 1 heterocycles. The molecule has 1 aromatic heterocycles. The van der Waals surface area contributed by atoms with Gasteiger partial charge in [0.1, 0.15) is 10.7 Å². The molecule has 0 bridgehead atoms. The van der Waals surface area contributed by atoms with Crippen molar-refractivity contribution < 1.29 is 8.42 Å². The van der Waals surface area contributed by atoms with Gasteiger partial charge in [-0.05, 0) is 30.3 Å². The summed E-state index contributed by atoms with van der Waals surface area (Å²) in [5.74, 6) is -0.0684. The highest BCUT2D eigenvalue weighted by Gasteiger charge is 2.19. The number of pyridine rings is 1. The van der Waals surface area contributed by atoms with Crippen molar-refractivity contribution in [3.05, 3.63) is 46.0 Å². The second-order valence-corrected chi connectivity index (χ2v) is 6.59. The smallest absolute Gasteiger partial charge is 0.265 e. The maximum atomic E-state index is 12.2. The maximum Gasteiger partial charge on any atom is 0.265 e. The third kappa shape index (κ3) is 3.17. The van der Waals surface area contributed by atoms with E-state index in [1.54, 1.807) is 18.2 Å². The van der Waals surface area contributed by atoms with Crippen molar-refractivity contribution in [3.63, 3.8) is 0 Å². The van der Waals surface area contributed by atoms with Gasteiger partial charge in [0.05, 0.1) is 10.7 Å². The Morgan fingerprint density at radius 1 is 1.32 bits per heavy atom. The predicted molar refractivity (Wildman–Crippen MR) is 78.6 cm³/mol. The van der Waals surface area contributed by atoms with Crippen LogP contribution in [-0.2, 0) is 10.0 Å². The van der Waals surface area contributed by atoms with E-state index in [0.717, 1.165) is 0 Å². The molecule has 0 amide bonds. The summed E-state index contributed by atoms with van der Waals surface area (Å²) in [6.45, 7) is 0. The Morgan fingerprint density at radius 2 is 2.05 bits per heavy atom. The number of halogens is 2. The predicted octanol–water partition coefficient (Wildman–Crippen LogP) is 2.88. The van der Waals surface area contributed by atoms with Gasteiger partial charge in [0.2, 0.25) is 0 Å². The number of nitrogens with one attached hydrogen (secondary N) is 1. The monoisotopic (exact) mass is 361 g/mol. The molecule has 1 aromatic carbocycles. The van der Waals surface area contributed by atoms with E-state index in [9.17, 15) is 8.42 Å². The SMILES string of the molecule is Nc1ncccc1S(=O)(=O)Nc1cc(Br)ccc1Cl. The fraction of sp³-hybridized carbons (Fsp3) is 0. The number of sulfonamides is 1. The van der Waals surface area contributed by atoms with E-state index >= 15 is 0 Å². The molecule has 0 aliphatic rings. The highest BCUT2D eigenvalue weighted by Crippen LogP contribution is 2.28. The number of nitrogens with two attached hydrogens (primary N) is 1. The summed E-state index contributed by atoms with van der Waals surface area (Å²) >= 11 is 9.18. The van der Waals surface area contributed by atoms with Crippen LogP contribution in [0.2, 0.25) is 5.02 Å². The number of nitrogen functional groups attached to an aromatic ring is 1. The van der Waals surface area contributed by atoms with Gasteiger partial charge in [-0.2, -0.15) is 0 Å². The van der Waals surface area contributed by atoms with Crippen LogP contribution in [-0.4, -0.2) is 13.4 Å². The summed E-state index contributed by atoms with van der Waals surface area (Å²) in [5.41, 5.74) is 5.82. The van der Waals surface area contributed by atoms with Gasteiger partial charge in [-0.25, -0.2) is 13.4 Å². The van der Waals surface area contributed by atoms with Crippen LogP contribution in [0.25, 0.3) is 0 Å². The van der Waals surface area contributed by atoms with E-state index in [0.29, 0.717) is 4.47 Å². The molecule has 0 atom stereocenters. The Kier molecular flexibility index (Phi) is 3.98. The summed E-state index contributed by atoms with van der Waals surface area (Å²) in [6, 6.07) is 7.71. The zero-order valence-electron chi connectivity index (χ0n) is 9.47. The van der Waals surface area contributed by atoms with Gasteiger partial charge < -0.3 is 5.73 Å².